The molecule has 24 heavy (non-hydrogen) atoms. The Morgan fingerprint density at radius 3 is 2.58 bits per heavy atom. The van der Waals surface area contributed by atoms with Crippen LogP contribution in [0.5, 0.6) is 5.75 Å². The minimum absolute atomic E-state index is 0.0331. The number of hydrogen-bond donors (Lipinski definition) is 3. The Labute approximate surface area is 145 Å². The number of benzene rings is 1. The number of aliphatic hydroxyl groups is 1. The van der Waals surface area contributed by atoms with E-state index in [2.05, 4.69) is 26.1 Å². The van der Waals surface area contributed by atoms with Crippen LogP contribution >= 0.6 is 0 Å². The fourth-order valence-corrected chi connectivity index (χ4v) is 3.94. The highest BCUT2D eigenvalue weighted by atomic mass is 16.3. The van der Waals surface area contributed by atoms with Crippen molar-refractivity contribution in [1.29, 1.82) is 0 Å². The lowest BCUT2D eigenvalue weighted by Crippen LogP contribution is -2.56. The maximum Gasteiger partial charge on any atom is 0.252 e. The number of carbonyl (C=O) groups excluding carboxylic acids is 1. The molecule has 1 aromatic carbocycles. The van der Waals surface area contributed by atoms with Crippen molar-refractivity contribution in [2.45, 2.75) is 58.5 Å². The van der Waals surface area contributed by atoms with Crippen molar-refractivity contribution < 1.29 is 15.0 Å². The predicted molar refractivity (Wildman–Crippen MR) is 95.7 cm³/mol. The number of amides is 1. The molecule has 1 fully saturated rings. The molecule has 0 radical (unpaired) electrons. The number of aryl methyl sites for hydroxylation is 1. The maximum atomic E-state index is 12.6. The quantitative estimate of drug-likeness (QED) is 0.700. The van der Waals surface area contributed by atoms with Crippen molar-refractivity contribution in [3.05, 3.63) is 29.8 Å². The molecule has 1 saturated carbocycles. The van der Waals surface area contributed by atoms with E-state index in [1.165, 1.54) is 0 Å². The van der Waals surface area contributed by atoms with E-state index in [1.807, 2.05) is 12.1 Å². The van der Waals surface area contributed by atoms with Crippen molar-refractivity contribution in [3.8, 4) is 5.75 Å². The Hall–Kier alpha value is -1.55. The Morgan fingerprint density at radius 2 is 1.96 bits per heavy atom. The summed E-state index contributed by atoms with van der Waals surface area (Å²) in [6.07, 6.45) is 4.20. The Bertz CT molecular complexity index is 540. The molecule has 2 rings (SSSR count). The van der Waals surface area contributed by atoms with Crippen molar-refractivity contribution in [1.82, 2.24) is 5.32 Å². The Morgan fingerprint density at radius 1 is 1.29 bits per heavy atom. The zero-order chi connectivity index (χ0) is 17.7. The first kappa shape index (κ1) is 18.8. The highest BCUT2D eigenvalue weighted by Crippen LogP contribution is 2.41. The summed E-state index contributed by atoms with van der Waals surface area (Å²) in [4.78, 5) is 12.6. The molecule has 0 saturated heterocycles. The molecule has 1 amide bonds. The van der Waals surface area contributed by atoms with E-state index in [-0.39, 0.29) is 17.6 Å². The van der Waals surface area contributed by atoms with Gasteiger partial charge in [0.25, 0.3) is 5.91 Å². The van der Waals surface area contributed by atoms with Gasteiger partial charge in [-0.2, -0.15) is 0 Å². The molecule has 0 aromatic heterocycles. The van der Waals surface area contributed by atoms with Crippen LogP contribution < -0.4 is 5.32 Å². The van der Waals surface area contributed by atoms with Crippen LogP contribution in [-0.4, -0.2) is 28.3 Å². The van der Waals surface area contributed by atoms with E-state index in [0.717, 1.165) is 31.2 Å². The van der Waals surface area contributed by atoms with Gasteiger partial charge < -0.3 is 15.5 Å². The monoisotopic (exact) mass is 333 g/mol. The summed E-state index contributed by atoms with van der Waals surface area (Å²) >= 11 is 0. The van der Waals surface area contributed by atoms with Crippen molar-refractivity contribution in [2.75, 3.05) is 6.54 Å². The third-order valence-electron chi connectivity index (χ3n) is 5.31. The molecule has 1 aromatic rings. The second-order valence-corrected chi connectivity index (χ2v) is 7.69. The SMILES string of the molecule is CC(C)[C@@H]1CC[C@@H](C)C[C@@]1(O)C(=O)NCCCc1ccc(O)cc1. The van der Waals surface area contributed by atoms with Crippen LogP contribution in [0.15, 0.2) is 24.3 Å². The summed E-state index contributed by atoms with van der Waals surface area (Å²) in [6.45, 7) is 6.84. The summed E-state index contributed by atoms with van der Waals surface area (Å²) in [5.74, 6) is 0.766. The highest BCUT2D eigenvalue weighted by Gasteiger charge is 2.48. The van der Waals surface area contributed by atoms with E-state index in [4.69, 9.17) is 0 Å². The summed E-state index contributed by atoms with van der Waals surface area (Å²) in [5.41, 5.74) is -0.100. The fraction of sp³-hybridized carbons (Fsp3) is 0.650. The van der Waals surface area contributed by atoms with Gasteiger partial charge in [-0.25, -0.2) is 0 Å². The van der Waals surface area contributed by atoms with Crippen molar-refractivity contribution in [3.63, 3.8) is 0 Å². The smallest absolute Gasteiger partial charge is 0.252 e. The maximum absolute atomic E-state index is 12.6. The third kappa shape index (κ3) is 4.50. The molecule has 4 heteroatoms. The van der Waals surface area contributed by atoms with Crippen LogP contribution in [0.2, 0.25) is 0 Å². The second-order valence-electron chi connectivity index (χ2n) is 7.69. The van der Waals surface area contributed by atoms with Gasteiger partial charge in [-0.3, -0.25) is 4.79 Å². The number of phenolic OH excluding ortho intramolecular Hbond substituents is 1. The number of rotatable bonds is 6. The standard InChI is InChI=1S/C20H31NO3/c1-14(2)18-11-6-15(3)13-20(18,24)19(23)21-12-4-5-16-7-9-17(22)10-8-16/h7-10,14-15,18,22,24H,4-6,11-13H2,1-3H3,(H,21,23)/t15-,18+,20+/m1/s1. The van der Waals surface area contributed by atoms with Gasteiger partial charge in [0, 0.05) is 6.54 Å². The summed E-state index contributed by atoms with van der Waals surface area (Å²) in [6, 6.07) is 7.13. The normalized spacial score (nSPS) is 27.2. The average Bonchev–Trinajstić information content (AvgIpc) is 2.52. The minimum atomic E-state index is -1.23. The van der Waals surface area contributed by atoms with Gasteiger partial charge in [0.1, 0.15) is 11.4 Å². The van der Waals surface area contributed by atoms with Gasteiger partial charge in [-0.1, -0.05) is 39.3 Å². The third-order valence-corrected chi connectivity index (χ3v) is 5.31. The van der Waals surface area contributed by atoms with E-state index in [1.54, 1.807) is 12.1 Å². The molecule has 1 aliphatic carbocycles. The van der Waals surface area contributed by atoms with E-state index >= 15 is 0 Å². The average molecular weight is 333 g/mol. The van der Waals surface area contributed by atoms with Gasteiger partial charge in [-0.15, -0.1) is 0 Å². The number of aromatic hydroxyl groups is 1. The lowest BCUT2D eigenvalue weighted by atomic mass is 9.66. The molecule has 1 aliphatic rings. The van der Waals surface area contributed by atoms with Crippen LogP contribution in [0.4, 0.5) is 0 Å². The summed E-state index contributed by atoms with van der Waals surface area (Å²) in [7, 11) is 0. The summed E-state index contributed by atoms with van der Waals surface area (Å²) < 4.78 is 0. The molecule has 0 spiro atoms. The van der Waals surface area contributed by atoms with Crippen LogP contribution in [0.3, 0.4) is 0 Å². The summed E-state index contributed by atoms with van der Waals surface area (Å²) in [5, 5.41) is 23.3. The number of nitrogens with one attached hydrogen (secondary N) is 1. The van der Waals surface area contributed by atoms with E-state index < -0.39 is 5.60 Å². The minimum Gasteiger partial charge on any atom is -0.508 e. The van der Waals surface area contributed by atoms with Gasteiger partial charge in [0.15, 0.2) is 0 Å². The van der Waals surface area contributed by atoms with Gasteiger partial charge >= 0.3 is 0 Å². The topological polar surface area (TPSA) is 69.6 Å². The molecule has 134 valence electrons. The molecule has 0 aliphatic heterocycles. The first-order valence-corrected chi connectivity index (χ1v) is 9.11. The van der Waals surface area contributed by atoms with Crippen LogP contribution in [0.25, 0.3) is 0 Å². The molecule has 3 N–H and O–H groups in total. The first-order valence-electron chi connectivity index (χ1n) is 9.11. The molecule has 4 nitrogen and oxygen atoms in total. The predicted octanol–water partition coefficient (Wildman–Crippen LogP) is 3.26. The fourth-order valence-electron chi connectivity index (χ4n) is 3.94. The molecule has 0 heterocycles. The zero-order valence-electron chi connectivity index (χ0n) is 15.1. The molecular formula is C20H31NO3. The largest absolute Gasteiger partial charge is 0.508 e. The van der Waals surface area contributed by atoms with Crippen LogP contribution in [-0.2, 0) is 11.2 Å². The second kappa shape index (κ2) is 8.02. The zero-order valence-corrected chi connectivity index (χ0v) is 15.1. The Balaban J connectivity index is 1.86. The van der Waals surface area contributed by atoms with Crippen molar-refractivity contribution in [2.24, 2.45) is 17.8 Å². The Kier molecular flexibility index (Phi) is 6.27. The lowest BCUT2D eigenvalue weighted by Gasteiger charge is -2.43. The molecular weight excluding hydrogens is 302 g/mol. The van der Waals surface area contributed by atoms with Gasteiger partial charge in [-0.05, 0) is 61.1 Å². The van der Waals surface area contributed by atoms with Crippen LogP contribution in [0, 0.1) is 17.8 Å². The molecule has 0 bridgehead atoms. The van der Waals surface area contributed by atoms with Gasteiger partial charge in [0.2, 0.25) is 0 Å². The van der Waals surface area contributed by atoms with E-state index in [9.17, 15) is 15.0 Å². The van der Waals surface area contributed by atoms with Crippen LogP contribution in [0.1, 0.15) is 52.0 Å². The number of phenols is 1. The lowest BCUT2D eigenvalue weighted by molar-refractivity contribution is -0.155. The van der Waals surface area contributed by atoms with Crippen molar-refractivity contribution >= 4 is 5.91 Å². The first-order chi connectivity index (χ1) is 11.3. The van der Waals surface area contributed by atoms with E-state index in [0.29, 0.717) is 24.8 Å². The molecule has 3 atom stereocenters. The number of carbonyl (C=O) groups is 1. The molecule has 0 unspecified atom stereocenters. The number of hydrogen-bond acceptors (Lipinski definition) is 3. The highest BCUT2D eigenvalue weighted by molar-refractivity contribution is 5.85. The van der Waals surface area contributed by atoms with Gasteiger partial charge in [0.05, 0.1) is 0 Å².